The van der Waals surface area contributed by atoms with Crippen molar-refractivity contribution in [3.63, 3.8) is 0 Å². The van der Waals surface area contributed by atoms with E-state index in [2.05, 4.69) is 16.0 Å². The summed E-state index contributed by atoms with van der Waals surface area (Å²) in [5, 5.41) is 17.4. The Morgan fingerprint density at radius 2 is 1.09 bits per heavy atom. The van der Waals surface area contributed by atoms with Crippen LogP contribution in [0.15, 0.2) is 60.7 Å². The number of aromatic carboxylic acids is 1. The molecule has 0 unspecified atom stereocenters. The van der Waals surface area contributed by atoms with Crippen molar-refractivity contribution in [2.75, 3.05) is 26.2 Å². The monoisotopic (exact) mass is 626 g/mol. The molecule has 248 valence electrons. The molecule has 2 aromatic carbocycles. The highest BCUT2D eigenvalue weighted by Gasteiger charge is 2.26. The lowest BCUT2D eigenvalue weighted by Crippen LogP contribution is -2.47. The number of carboxylic acid groups (broad SMARTS) is 1. The summed E-state index contributed by atoms with van der Waals surface area (Å²) in [4.78, 5) is 47.5. The van der Waals surface area contributed by atoms with Gasteiger partial charge in [0.15, 0.2) is 0 Å². The highest BCUT2D eigenvalue weighted by atomic mass is 16.6. The first-order valence-corrected chi connectivity index (χ1v) is 15.5. The quantitative estimate of drug-likeness (QED) is 0.350. The minimum atomic E-state index is -0.879. The van der Waals surface area contributed by atoms with E-state index >= 15 is 0 Å². The van der Waals surface area contributed by atoms with Gasteiger partial charge in [-0.1, -0.05) is 36.4 Å². The van der Waals surface area contributed by atoms with Crippen LogP contribution < -0.4 is 16.0 Å². The lowest BCUT2D eigenvalue weighted by molar-refractivity contribution is 0.0466. The Bertz CT molecular complexity index is 1200. The van der Waals surface area contributed by atoms with E-state index in [9.17, 15) is 19.2 Å². The Labute approximate surface area is 267 Å². The third-order valence-corrected chi connectivity index (χ3v) is 6.60. The molecule has 4 rings (SSSR count). The van der Waals surface area contributed by atoms with Crippen molar-refractivity contribution in [2.45, 2.75) is 90.5 Å². The van der Waals surface area contributed by atoms with E-state index in [4.69, 9.17) is 14.6 Å². The number of carbonyl (C=O) groups excluding carboxylic acids is 3. The predicted molar refractivity (Wildman–Crippen MR) is 173 cm³/mol. The van der Waals surface area contributed by atoms with Gasteiger partial charge >= 0.3 is 18.2 Å². The zero-order valence-corrected chi connectivity index (χ0v) is 27.4. The SMILES string of the molecule is CC(C)(C)OC(=O)NC1CCN(C(=O)c2ccccc2)CC1.CC(C)(C)OC(=O)NC1CCNCC1.O=C(O)c1ccccc1. The largest absolute Gasteiger partial charge is 0.478 e. The second-order valence-electron chi connectivity index (χ2n) is 12.9. The third kappa shape index (κ3) is 16.0. The number of alkyl carbamates (subject to hydrolysis) is 2. The Morgan fingerprint density at radius 1 is 0.689 bits per heavy atom. The summed E-state index contributed by atoms with van der Waals surface area (Å²) in [6.07, 6.45) is 2.78. The summed E-state index contributed by atoms with van der Waals surface area (Å²) in [6, 6.07) is 17.9. The van der Waals surface area contributed by atoms with Crippen molar-refractivity contribution in [3.8, 4) is 0 Å². The first-order valence-electron chi connectivity index (χ1n) is 15.5. The summed E-state index contributed by atoms with van der Waals surface area (Å²) in [5.74, 6) is -0.827. The van der Waals surface area contributed by atoms with Crippen LogP contribution in [0.3, 0.4) is 0 Å². The van der Waals surface area contributed by atoms with Gasteiger partial charge in [-0.3, -0.25) is 4.79 Å². The number of hydrogen-bond donors (Lipinski definition) is 4. The number of carbonyl (C=O) groups is 4. The Morgan fingerprint density at radius 3 is 1.47 bits per heavy atom. The molecule has 2 saturated heterocycles. The van der Waals surface area contributed by atoms with Crippen LogP contribution in [0.2, 0.25) is 0 Å². The molecular formula is C34H50N4O7. The fourth-order valence-electron chi connectivity index (χ4n) is 4.49. The van der Waals surface area contributed by atoms with Gasteiger partial charge in [-0.2, -0.15) is 0 Å². The van der Waals surface area contributed by atoms with Crippen molar-refractivity contribution < 1.29 is 33.8 Å². The van der Waals surface area contributed by atoms with Gasteiger partial charge in [0.2, 0.25) is 0 Å². The van der Waals surface area contributed by atoms with Gasteiger partial charge in [-0.25, -0.2) is 14.4 Å². The van der Waals surface area contributed by atoms with Gasteiger partial charge in [0.05, 0.1) is 5.56 Å². The molecule has 3 amide bonds. The van der Waals surface area contributed by atoms with Crippen LogP contribution in [-0.2, 0) is 9.47 Å². The summed E-state index contributed by atoms with van der Waals surface area (Å²) >= 11 is 0. The van der Waals surface area contributed by atoms with Crippen LogP contribution in [0, 0.1) is 0 Å². The van der Waals surface area contributed by atoms with E-state index in [1.807, 2.05) is 76.8 Å². The van der Waals surface area contributed by atoms with E-state index in [1.54, 1.807) is 30.3 Å². The molecule has 2 aromatic rings. The average Bonchev–Trinajstić information content (AvgIpc) is 2.97. The molecule has 0 spiro atoms. The maximum Gasteiger partial charge on any atom is 0.407 e. The fraction of sp³-hybridized carbons (Fsp3) is 0.529. The van der Waals surface area contributed by atoms with Crippen LogP contribution in [0.4, 0.5) is 9.59 Å². The minimum absolute atomic E-state index is 0.0521. The summed E-state index contributed by atoms with van der Waals surface area (Å²) < 4.78 is 10.4. The first-order chi connectivity index (χ1) is 21.1. The summed E-state index contributed by atoms with van der Waals surface area (Å²) in [6.45, 7) is 14.4. The van der Waals surface area contributed by atoms with E-state index < -0.39 is 17.2 Å². The van der Waals surface area contributed by atoms with E-state index in [0.717, 1.165) is 38.8 Å². The minimum Gasteiger partial charge on any atom is -0.478 e. The zero-order chi connectivity index (χ0) is 33.5. The van der Waals surface area contributed by atoms with Gasteiger partial charge in [0.1, 0.15) is 11.2 Å². The summed E-state index contributed by atoms with van der Waals surface area (Å²) in [5.41, 5.74) is 0.143. The molecule has 0 radical (unpaired) electrons. The number of hydrogen-bond acceptors (Lipinski definition) is 7. The van der Waals surface area contributed by atoms with E-state index in [-0.39, 0.29) is 30.2 Å². The second-order valence-corrected chi connectivity index (χ2v) is 12.9. The number of carboxylic acids is 1. The molecule has 2 heterocycles. The van der Waals surface area contributed by atoms with Crippen LogP contribution in [-0.4, -0.2) is 83.5 Å². The molecule has 45 heavy (non-hydrogen) atoms. The number of likely N-dealkylation sites (tertiary alicyclic amines) is 1. The highest BCUT2D eigenvalue weighted by Crippen LogP contribution is 2.15. The number of rotatable bonds is 4. The van der Waals surface area contributed by atoms with Crippen LogP contribution in [0.5, 0.6) is 0 Å². The number of nitrogens with zero attached hydrogens (tertiary/aromatic N) is 1. The number of piperidine rings is 2. The van der Waals surface area contributed by atoms with Crippen molar-refractivity contribution >= 4 is 24.1 Å². The van der Waals surface area contributed by atoms with Gasteiger partial charge in [-0.05, 0) is 105 Å². The van der Waals surface area contributed by atoms with Crippen molar-refractivity contribution in [3.05, 3.63) is 71.8 Å². The van der Waals surface area contributed by atoms with Crippen LogP contribution in [0.1, 0.15) is 87.9 Å². The predicted octanol–water partition coefficient (Wildman–Crippen LogP) is 5.46. The fourth-order valence-corrected chi connectivity index (χ4v) is 4.49. The van der Waals surface area contributed by atoms with E-state index in [1.165, 1.54) is 0 Å². The smallest absolute Gasteiger partial charge is 0.407 e. The number of amides is 3. The normalized spacial score (nSPS) is 15.6. The molecule has 0 aliphatic carbocycles. The van der Waals surface area contributed by atoms with Crippen molar-refractivity contribution in [2.24, 2.45) is 0 Å². The topological polar surface area (TPSA) is 146 Å². The van der Waals surface area contributed by atoms with Crippen LogP contribution >= 0.6 is 0 Å². The lowest BCUT2D eigenvalue weighted by atomic mass is 10.0. The van der Waals surface area contributed by atoms with E-state index in [0.29, 0.717) is 24.2 Å². The van der Waals surface area contributed by atoms with Gasteiger partial charge < -0.3 is 35.4 Å². The molecular weight excluding hydrogens is 576 g/mol. The maximum atomic E-state index is 12.3. The van der Waals surface area contributed by atoms with Crippen molar-refractivity contribution in [1.82, 2.24) is 20.9 Å². The highest BCUT2D eigenvalue weighted by molar-refractivity contribution is 5.94. The number of nitrogens with one attached hydrogen (secondary N) is 3. The Balaban J connectivity index is 0.000000261. The van der Waals surface area contributed by atoms with Crippen LogP contribution in [0.25, 0.3) is 0 Å². The summed E-state index contributed by atoms with van der Waals surface area (Å²) in [7, 11) is 0. The van der Waals surface area contributed by atoms with Gasteiger partial charge in [0.25, 0.3) is 5.91 Å². The molecule has 2 aliphatic rings. The van der Waals surface area contributed by atoms with Gasteiger partial charge in [-0.15, -0.1) is 0 Å². The average molecular weight is 627 g/mol. The second kappa shape index (κ2) is 18.0. The molecule has 11 heteroatoms. The Kier molecular flexibility index (Phi) is 14.8. The molecule has 4 N–H and O–H groups in total. The molecule has 0 aromatic heterocycles. The molecule has 2 aliphatic heterocycles. The number of ether oxygens (including phenoxy) is 2. The lowest BCUT2D eigenvalue weighted by Gasteiger charge is -2.33. The molecule has 0 atom stereocenters. The third-order valence-electron chi connectivity index (χ3n) is 6.60. The molecule has 2 fully saturated rings. The standard InChI is InChI=1S/C17H24N2O3.C10H20N2O2.C7H6O2/c1-17(2,3)22-16(21)18-14-9-11-19(12-10-14)15(20)13-7-5-4-6-8-13;1-10(2,3)14-9(13)12-8-4-6-11-7-5-8;8-7(9)6-4-2-1-3-5-6/h4-8,14H,9-12H2,1-3H3,(H,18,21);8,11H,4-7H2,1-3H3,(H,12,13);1-5H,(H,8,9). The Hall–Kier alpha value is -4.12. The maximum absolute atomic E-state index is 12.3. The molecule has 11 nitrogen and oxygen atoms in total. The zero-order valence-electron chi connectivity index (χ0n) is 27.4. The first kappa shape index (κ1) is 37.1. The molecule has 0 saturated carbocycles. The van der Waals surface area contributed by atoms with Crippen molar-refractivity contribution in [1.29, 1.82) is 0 Å². The number of benzene rings is 2. The van der Waals surface area contributed by atoms with Gasteiger partial charge in [0, 0.05) is 30.7 Å². The molecule has 0 bridgehead atoms.